The maximum atomic E-state index is 12.8. The molecule has 1 amide bonds. The van der Waals surface area contributed by atoms with Crippen LogP contribution in [-0.4, -0.2) is 56.9 Å². The highest BCUT2D eigenvalue weighted by Crippen LogP contribution is 2.22. The minimum atomic E-state index is -0.0518. The maximum absolute atomic E-state index is 12.8. The van der Waals surface area contributed by atoms with Crippen LogP contribution in [0.25, 0.3) is 10.8 Å². The van der Waals surface area contributed by atoms with Gasteiger partial charge in [-0.15, -0.1) is 12.4 Å². The van der Waals surface area contributed by atoms with Gasteiger partial charge >= 0.3 is 0 Å². The van der Waals surface area contributed by atoms with Gasteiger partial charge in [0.05, 0.1) is 32.0 Å². The number of rotatable bonds is 11. The molecule has 7 heteroatoms. The number of carbonyl (C=O) groups is 1. The summed E-state index contributed by atoms with van der Waals surface area (Å²) in [6.07, 6.45) is 1.89. The summed E-state index contributed by atoms with van der Waals surface area (Å²) in [5, 5.41) is 5.69. The van der Waals surface area contributed by atoms with Crippen LogP contribution < -0.4 is 10.1 Å². The molecule has 36 heavy (non-hydrogen) atoms. The maximum Gasteiger partial charge on any atom is 0.255 e. The van der Waals surface area contributed by atoms with Crippen LogP contribution in [0.2, 0.25) is 0 Å². The second-order valence-corrected chi connectivity index (χ2v) is 9.01. The first kappa shape index (κ1) is 27.9. The number of fused-ring (bicyclic) bond motifs is 1. The zero-order valence-corrected chi connectivity index (χ0v) is 22.0. The van der Waals surface area contributed by atoms with Crippen LogP contribution in [0.1, 0.15) is 41.3 Å². The molecule has 0 radical (unpaired) electrons. The van der Waals surface area contributed by atoms with Crippen molar-refractivity contribution in [2.45, 2.75) is 39.0 Å². The zero-order valence-electron chi connectivity index (χ0n) is 21.2. The van der Waals surface area contributed by atoms with Crippen molar-refractivity contribution in [2.24, 2.45) is 0 Å². The first-order valence-corrected chi connectivity index (χ1v) is 12.5. The number of piperidine rings is 1. The van der Waals surface area contributed by atoms with Crippen LogP contribution in [0.4, 0.5) is 0 Å². The highest BCUT2D eigenvalue weighted by molar-refractivity contribution is 5.97. The summed E-state index contributed by atoms with van der Waals surface area (Å²) >= 11 is 0. The van der Waals surface area contributed by atoms with Crippen LogP contribution in [-0.2, 0) is 22.6 Å². The first-order chi connectivity index (χ1) is 17.2. The van der Waals surface area contributed by atoms with Gasteiger partial charge in [-0.1, -0.05) is 36.4 Å². The smallest absolute Gasteiger partial charge is 0.255 e. The van der Waals surface area contributed by atoms with Gasteiger partial charge in [0.25, 0.3) is 5.91 Å². The molecule has 1 aliphatic heterocycles. The van der Waals surface area contributed by atoms with E-state index in [9.17, 15) is 4.79 Å². The molecule has 0 bridgehead atoms. The van der Waals surface area contributed by atoms with Crippen LogP contribution in [0.5, 0.6) is 5.75 Å². The fourth-order valence-corrected chi connectivity index (χ4v) is 4.56. The molecule has 4 rings (SSSR count). The Morgan fingerprint density at radius 2 is 1.69 bits per heavy atom. The van der Waals surface area contributed by atoms with E-state index in [-0.39, 0.29) is 24.4 Å². The standard InChI is InChI=1S/C29H36N2O4.ClH/c1-3-35-28-7-5-4-6-27(28)29(32)30-26-12-14-31(15-13-26)20-22-8-10-24-11-9-23(19-25(24)18-22)21-34-17-16-33-2;/h4-11,18-19,26H,3,12-17,20-21H2,1-2H3,(H,30,32);1H. The lowest BCUT2D eigenvalue weighted by atomic mass is 10.0. The summed E-state index contributed by atoms with van der Waals surface area (Å²) in [5.74, 6) is 0.593. The lowest BCUT2D eigenvalue weighted by Gasteiger charge is -2.32. The summed E-state index contributed by atoms with van der Waals surface area (Å²) in [7, 11) is 1.68. The fraction of sp³-hybridized carbons (Fsp3) is 0.414. The Kier molecular flexibility index (Phi) is 11.0. The van der Waals surface area contributed by atoms with Crippen LogP contribution in [0.15, 0.2) is 60.7 Å². The molecule has 0 atom stereocenters. The molecule has 6 nitrogen and oxygen atoms in total. The molecule has 1 fully saturated rings. The lowest BCUT2D eigenvalue weighted by Crippen LogP contribution is -2.44. The summed E-state index contributed by atoms with van der Waals surface area (Å²) in [4.78, 5) is 15.3. The number of nitrogens with zero attached hydrogens (tertiary/aromatic N) is 1. The van der Waals surface area contributed by atoms with Crippen LogP contribution >= 0.6 is 12.4 Å². The minimum Gasteiger partial charge on any atom is -0.493 e. The van der Waals surface area contributed by atoms with Crippen molar-refractivity contribution in [3.8, 4) is 5.75 Å². The van der Waals surface area contributed by atoms with E-state index >= 15 is 0 Å². The van der Waals surface area contributed by atoms with Crippen molar-refractivity contribution < 1.29 is 19.0 Å². The van der Waals surface area contributed by atoms with Crippen molar-refractivity contribution in [3.63, 3.8) is 0 Å². The van der Waals surface area contributed by atoms with Gasteiger partial charge in [0.15, 0.2) is 0 Å². The van der Waals surface area contributed by atoms with Gasteiger partial charge in [-0.05, 0) is 65.9 Å². The Labute approximate surface area is 220 Å². The molecule has 0 aliphatic carbocycles. The Morgan fingerprint density at radius 3 is 2.44 bits per heavy atom. The van der Waals surface area contributed by atoms with Crippen molar-refractivity contribution in [2.75, 3.05) is 40.0 Å². The molecule has 194 valence electrons. The normalized spacial score (nSPS) is 14.4. The predicted octanol–water partition coefficient (Wildman–Crippen LogP) is 5.22. The minimum absolute atomic E-state index is 0. The van der Waals surface area contributed by atoms with E-state index in [1.54, 1.807) is 7.11 Å². The van der Waals surface area contributed by atoms with Crippen LogP contribution in [0, 0.1) is 0 Å². The van der Waals surface area contributed by atoms with E-state index in [0.29, 0.717) is 37.7 Å². The van der Waals surface area contributed by atoms with Gasteiger partial charge in [0, 0.05) is 32.8 Å². The number of carbonyl (C=O) groups excluding carboxylic acids is 1. The quantitative estimate of drug-likeness (QED) is 0.357. The number of hydrogen-bond donors (Lipinski definition) is 1. The molecule has 3 aromatic carbocycles. The van der Waals surface area contributed by atoms with E-state index < -0.39 is 0 Å². The van der Waals surface area contributed by atoms with Gasteiger partial charge in [0.1, 0.15) is 5.75 Å². The Bertz CT molecular complexity index is 1120. The summed E-state index contributed by atoms with van der Waals surface area (Å²) in [6.45, 7) is 7.12. The van der Waals surface area contributed by atoms with E-state index in [2.05, 4.69) is 46.6 Å². The Morgan fingerprint density at radius 1 is 0.972 bits per heavy atom. The largest absolute Gasteiger partial charge is 0.493 e. The highest BCUT2D eigenvalue weighted by Gasteiger charge is 2.22. The molecule has 1 aliphatic rings. The third-order valence-corrected chi connectivity index (χ3v) is 6.43. The van der Waals surface area contributed by atoms with Gasteiger partial charge < -0.3 is 19.5 Å². The van der Waals surface area contributed by atoms with E-state index in [4.69, 9.17) is 14.2 Å². The molecule has 0 aromatic heterocycles. The molecule has 0 saturated carbocycles. The Balaban J connectivity index is 0.00000361. The summed E-state index contributed by atoms with van der Waals surface area (Å²) in [5.41, 5.74) is 3.09. The van der Waals surface area contributed by atoms with Gasteiger partial charge in [-0.3, -0.25) is 9.69 Å². The number of nitrogens with one attached hydrogen (secondary N) is 1. The third kappa shape index (κ3) is 7.68. The average molecular weight is 513 g/mol. The number of para-hydroxylation sites is 1. The molecule has 0 spiro atoms. The third-order valence-electron chi connectivity index (χ3n) is 6.43. The predicted molar refractivity (Wildman–Crippen MR) is 146 cm³/mol. The molecule has 1 N–H and O–H groups in total. The number of hydrogen-bond acceptors (Lipinski definition) is 5. The van der Waals surface area contributed by atoms with Crippen molar-refractivity contribution >= 4 is 29.1 Å². The molecular formula is C29H37ClN2O4. The van der Waals surface area contributed by atoms with Crippen molar-refractivity contribution in [1.29, 1.82) is 0 Å². The number of halogens is 1. The first-order valence-electron chi connectivity index (χ1n) is 12.5. The topological polar surface area (TPSA) is 60.0 Å². The Hall–Kier alpha value is -2.64. The number of ether oxygens (including phenoxy) is 3. The summed E-state index contributed by atoms with van der Waals surface area (Å²) < 4.78 is 16.3. The number of methoxy groups -OCH3 is 1. The van der Waals surface area contributed by atoms with E-state index in [1.807, 2.05) is 31.2 Å². The number of benzene rings is 3. The highest BCUT2D eigenvalue weighted by atomic mass is 35.5. The number of amides is 1. The van der Waals surface area contributed by atoms with E-state index in [1.165, 1.54) is 21.9 Å². The van der Waals surface area contributed by atoms with Crippen molar-refractivity contribution in [3.05, 3.63) is 77.4 Å². The SMILES string of the molecule is CCOc1ccccc1C(=O)NC1CCN(Cc2ccc3ccc(COCCOC)cc3c2)CC1.Cl. The molecule has 0 unspecified atom stereocenters. The zero-order chi connectivity index (χ0) is 24.5. The van der Waals surface area contributed by atoms with Gasteiger partial charge in [-0.2, -0.15) is 0 Å². The second kappa shape index (κ2) is 14.2. The van der Waals surface area contributed by atoms with Gasteiger partial charge in [-0.25, -0.2) is 0 Å². The van der Waals surface area contributed by atoms with Crippen molar-refractivity contribution in [1.82, 2.24) is 10.2 Å². The van der Waals surface area contributed by atoms with Gasteiger partial charge in [0.2, 0.25) is 0 Å². The molecule has 1 saturated heterocycles. The monoisotopic (exact) mass is 512 g/mol. The molecule has 3 aromatic rings. The van der Waals surface area contributed by atoms with Crippen LogP contribution in [0.3, 0.4) is 0 Å². The molecule has 1 heterocycles. The number of likely N-dealkylation sites (tertiary alicyclic amines) is 1. The average Bonchev–Trinajstić information content (AvgIpc) is 2.88. The summed E-state index contributed by atoms with van der Waals surface area (Å²) in [6, 6.07) is 20.8. The fourth-order valence-electron chi connectivity index (χ4n) is 4.56. The molecular weight excluding hydrogens is 476 g/mol. The van der Waals surface area contributed by atoms with E-state index in [0.717, 1.165) is 32.5 Å². The second-order valence-electron chi connectivity index (χ2n) is 9.01. The lowest BCUT2D eigenvalue weighted by molar-refractivity contribution is 0.0617.